The van der Waals surface area contributed by atoms with Gasteiger partial charge in [-0.15, -0.1) is 11.3 Å². The monoisotopic (exact) mass is 401 g/mol. The number of hydrogen-bond donors (Lipinski definition) is 1. The third-order valence-corrected chi connectivity index (χ3v) is 6.07. The van der Waals surface area contributed by atoms with E-state index < -0.39 is 11.7 Å². The summed E-state index contributed by atoms with van der Waals surface area (Å²) in [6, 6.07) is 3.58. The standard InChI is InChI=1S/C19H23N5O3S/c1-2-16-20-10-14(11-21-16)12-23-7-5-19(6-8-23)13-24(22-18(26)27-19)17(25)15-4-3-9-28-15/h3-4,9-11H,2,5-8,12-13H2,1H3,(H,22,26). The van der Waals surface area contributed by atoms with E-state index in [1.165, 1.54) is 16.3 Å². The zero-order valence-corrected chi connectivity index (χ0v) is 16.6. The van der Waals surface area contributed by atoms with Crippen molar-refractivity contribution in [2.75, 3.05) is 19.6 Å². The number of nitrogens with zero attached hydrogens (tertiary/aromatic N) is 4. The lowest BCUT2D eigenvalue weighted by atomic mass is 9.90. The number of ether oxygens (including phenoxy) is 1. The average molecular weight is 401 g/mol. The maximum Gasteiger partial charge on any atom is 0.426 e. The molecule has 8 nitrogen and oxygen atoms in total. The first-order chi connectivity index (χ1) is 13.6. The molecule has 2 aromatic rings. The molecule has 2 aliphatic heterocycles. The summed E-state index contributed by atoms with van der Waals surface area (Å²) in [5.74, 6) is 0.653. The Morgan fingerprint density at radius 1 is 1.32 bits per heavy atom. The van der Waals surface area contributed by atoms with Crippen LogP contribution in [0.1, 0.15) is 40.8 Å². The van der Waals surface area contributed by atoms with Crippen LogP contribution in [0.2, 0.25) is 0 Å². The van der Waals surface area contributed by atoms with Gasteiger partial charge in [0.1, 0.15) is 11.4 Å². The summed E-state index contributed by atoms with van der Waals surface area (Å²) in [7, 11) is 0. The predicted octanol–water partition coefficient (Wildman–Crippen LogP) is 2.23. The highest BCUT2D eigenvalue weighted by Crippen LogP contribution is 2.31. The van der Waals surface area contributed by atoms with Crippen LogP contribution in [0.5, 0.6) is 0 Å². The molecule has 0 aromatic carbocycles. The van der Waals surface area contributed by atoms with Crippen molar-refractivity contribution >= 4 is 23.3 Å². The summed E-state index contributed by atoms with van der Waals surface area (Å²) in [5, 5.41) is 3.24. The Hall–Kier alpha value is -2.52. The van der Waals surface area contributed by atoms with E-state index in [2.05, 4.69) is 20.3 Å². The quantitative estimate of drug-likeness (QED) is 0.845. The summed E-state index contributed by atoms with van der Waals surface area (Å²) >= 11 is 1.36. The van der Waals surface area contributed by atoms with Crippen molar-refractivity contribution < 1.29 is 14.3 Å². The van der Waals surface area contributed by atoms with E-state index in [-0.39, 0.29) is 5.91 Å². The minimum absolute atomic E-state index is 0.193. The SMILES string of the molecule is CCc1ncc(CN2CCC3(CC2)CN(C(=O)c2cccs2)NC(=O)O3)cn1. The summed E-state index contributed by atoms with van der Waals surface area (Å²) in [4.78, 5) is 36.3. The van der Waals surface area contributed by atoms with Crippen LogP contribution in [-0.4, -0.2) is 57.1 Å². The van der Waals surface area contributed by atoms with Crippen LogP contribution in [0.4, 0.5) is 4.79 Å². The Morgan fingerprint density at radius 2 is 2.07 bits per heavy atom. The van der Waals surface area contributed by atoms with Crippen LogP contribution in [0.15, 0.2) is 29.9 Å². The maximum atomic E-state index is 12.6. The summed E-state index contributed by atoms with van der Waals surface area (Å²) < 4.78 is 5.65. The Labute approximate surface area is 167 Å². The normalized spacial score (nSPS) is 19.3. The van der Waals surface area contributed by atoms with Crippen LogP contribution in [0, 0.1) is 0 Å². The molecule has 0 bridgehead atoms. The topological polar surface area (TPSA) is 87.7 Å². The van der Waals surface area contributed by atoms with Gasteiger partial charge in [-0.1, -0.05) is 13.0 Å². The highest BCUT2D eigenvalue weighted by atomic mass is 32.1. The van der Waals surface area contributed by atoms with Crippen molar-refractivity contribution in [3.8, 4) is 0 Å². The van der Waals surface area contributed by atoms with E-state index in [0.29, 0.717) is 24.3 Å². The summed E-state index contributed by atoms with van der Waals surface area (Å²) in [6.45, 7) is 4.72. The smallest absolute Gasteiger partial charge is 0.426 e. The van der Waals surface area contributed by atoms with Crippen LogP contribution >= 0.6 is 11.3 Å². The molecule has 28 heavy (non-hydrogen) atoms. The fourth-order valence-corrected chi connectivity index (χ4v) is 4.30. The number of aromatic nitrogens is 2. The summed E-state index contributed by atoms with van der Waals surface area (Å²) in [5.41, 5.74) is 2.98. The first-order valence-corrected chi connectivity index (χ1v) is 10.3. The molecule has 4 rings (SSSR count). The van der Waals surface area contributed by atoms with Gasteiger partial charge in [-0.25, -0.2) is 25.2 Å². The molecule has 0 aliphatic carbocycles. The summed E-state index contributed by atoms with van der Waals surface area (Å²) in [6.07, 6.45) is 5.38. The lowest BCUT2D eigenvalue weighted by Crippen LogP contribution is -2.63. The molecular weight excluding hydrogens is 378 g/mol. The second-order valence-corrected chi connectivity index (χ2v) is 8.14. The molecule has 4 heterocycles. The Morgan fingerprint density at radius 3 is 2.71 bits per heavy atom. The Balaban J connectivity index is 1.38. The van der Waals surface area contributed by atoms with Gasteiger partial charge in [0, 0.05) is 56.9 Å². The Bertz CT molecular complexity index is 832. The number of nitrogens with one attached hydrogen (secondary N) is 1. The zero-order chi connectivity index (χ0) is 19.6. The number of rotatable bonds is 4. The van der Waals surface area contributed by atoms with E-state index >= 15 is 0 Å². The molecule has 2 fully saturated rings. The molecule has 1 N–H and O–H groups in total. The third kappa shape index (κ3) is 4.00. The number of carbonyl (C=O) groups is 2. The van der Waals surface area contributed by atoms with Crippen LogP contribution in [-0.2, 0) is 17.7 Å². The van der Waals surface area contributed by atoms with Crippen LogP contribution in [0.25, 0.3) is 0 Å². The van der Waals surface area contributed by atoms with Gasteiger partial charge in [0.25, 0.3) is 5.91 Å². The van der Waals surface area contributed by atoms with Gasteiger partial charge in [0.2, 0.25) is 0 Å². The van der Waals surface area contributed by atoms with Gasteiger partial charge < -0.3 is 4.74 Å². The van der Waals surface area contributed by atoms with Crippen molar-refractivity contribution in [1.82, 2.24) is 25.3 Å². The van der Waals surface area contributed by atoms with E-state index in [1.807, 2.05) is 30.8 Å². The zero-order valence-electron chi connectivity index (χ0n) is 15.8. The van der Waals surface area contributed by atoms with Gasteiger partial charge in [0.05, 0.1) is 11.4 Å². The third-order valence-electron chi connectivity index (χ3n) is 5.21. The fraction of sp³-hybridized carbons (Fsp3) is 0.474. The van der Waals surface area contributed by atoms with Gasteiger partial charge in [-0.3, -0.25) is 9.69 Å². The second-order valence-electron chi connectivity index (χ2n) is 7.19. The van der Waals surface area contributed by atoms with Crippen LogP contribution in [0.3, 0.4) is 0 Å². The first-order valence-electron chi connectivity index (χ1n) is 9.44. The Kier molecular flexibility index (Phi) is 5.27. The molecule has 2 aliphatic rings. The van der Waals surface area contributed by atoms with Crippen molar-refractivity contribution in [3.05, 3.63) is 46.2 Å². The van der Waals surface area contributed by atoms with Crippen LogP contribution < -0.4 is 5.43 Å². The molecule has 0 atom stereocenters. The molecule has 0 unspecified atom stereocenters. The fourth-order valence-electron chi connectivity index (χ4n) is 3.63. The van der Waals surface area contributed by atoms with Crippen molar-refractivity contribution in [1.29, 1.82) is 0 Å². The van der Waals surface area contributed by atoms with E-state index in [4.69, 9.17) is 4.74 Å². The highest BCUT2D eigenvalue weighted by Gasteiger charge is 2.45. The molecule has 9 heteroatoms. The van der Waals surface area contributed by atoms with Crippen molar-refractivity contribution in [2.45, 2.75) is 38.3 Å². The van der Waals surface area contributed by atoms with Gasteiger partial charge in [0.15, 0.2) is 0 Å². The number of aryl methyl sites for hydroxylation is 1. The molecule has 148 valence electrons. The number of hydrogen-bond acceptors (Lipinski definition) is 7. The minimum atomic E-state index is -0.631. The number of amides is 2. The van der Waals surface area contributed by atoms with Gasteiger partial charge >= 0.3 is 6.09 Å². The largest absolute Gasteiger partial charge is 0.440 e. The van der Waals surface area contributed by atoms with Gasteiger partial charge in [-0.2, -0.15) is 0 Å². The predicted molar refractivity (Wildman–Crippen MR) is 104 cm³/mol. The maximum absolute atomic E-state index is 12.6. The number of carbonyl (C=O) groups excluding carboxylic acids is 2. The minimum Gasteiger partial charge on any atom is -0.440 e. The average Bonchev–Trinajstić information content (AvgIpc) is 3.24. The number of likely N-dealkylation sites (tertiary alicyclic amines) is 1. The number of hydrazine groups is 1. The van der Waals surface area contributed by atoms with E-state index in [1.54, 1.807) is 6.07 Å². The molecule has 2 amide bonds. The number of piperidine rings is 1. The van der Waals surface area contributed by atoms with E-state index in [9.17, 15) is 9.59 Å². The molecule has 2 aromatic heterocycles. The first kappa shape index (κ1) is 18.8. The van der Waals surface area contributed by atoms with Crippen molar-refractivity contribution in [3.63, 3.8) is 0 Å². The second kappa shape index (κ2) is 7.84. The molecule has 1 spiro atoms. The molecule has 0 radical (unpaired) electrons. The van der Waals surface area contributed by atoms with Gasteiger partial charge in [-0.05, 0) is 11.4 Å². The number of thiophene rings is 1. The molecular formula is C19H23N5O3S. The van der Waals surface area contributed by atoms with E-state index in [0.717, 1.165) is 37.4 Å². The molecule has 0 saturated carbocycles. The highest BCUT2D eigenvalue weighted by molar-refractivity contribution is 7.12. The molecule has 2 saturated heterocycles. The van der Waals surface area contributed by atoms with Crippen molar-refractivity contribution in [2.24, 2.45) is 0 Å². The lowest BCUT2D eigenvalue weighted by molar-refractivity contribution is -0.0887. The lowest BCUT2D eigenvalue weighted by Gasteiger charge is -2.46.